The molecule has 5 atom stereocenters. The zero-order chi connectivity index (χ0) is 20.7. The fourth-order valence-corrected chi connectivity index (χ4v) is 4.36. The Kier molecular flexibility index (Phi) is 6.21. The van der Waals surface area contributed by atoms with Crippen LogP contribution in [0.3, 0.4) is 0 Å². The van der Waals surface area contributed by atoms with Gasteiger partial charge in [0.2, 0.25) is 8.32 Å². The molecule has 3 heterocycles. The fraction of sp³-hybridized carbons (Fsp3) is 0.900. The summed E-state index contributed by atoms with van der Waals surface area (Å²) in [5.41, 5.74) is 0. The van der Waals surface area contributed by atoms with E-state index in [1.54, 1.807) is 0 Å². The SMILES string of the molecule is CCC/C=C(\O[C@@H]1[C@H]([C@H]2COC(C)(C)O2)O[C@@H]2OC(C)(C)O[C@@H]21)O[Si](C)(C)C. The van der Waals surface area contributed by atoms with Gasteiger partial charge in [0.1, 0.15) is 12.2 Å². The van der Waals surface area contributed by atoms with Gasteiger partial charge in [-0.2, -0.15) is 0 Å². The predicted octanol–water partition coefficient (Wildman–Crippen LogP) is 3.89. The smallest absolute Gasteiger partial charge is 0.261 e. The molecule has 0 bridgehead atoms. The van der Waals surface area contributed by atoms with E-state index in [-0.39, 0.29) is 18.3 Å². The fourth-order valence-electron chi connectivity index (χ4n) is 3.63. The Morgan fingerprint density at radius 1 is 1.04 bits per heavy atom. The molecule has 0 spiro atoms. The Bertz CT molecular complexity index is 584. The topological polar surface area (TPSA) is 64.6 Å². The summed E-state index contributed by atoms with van der Waals surface area (Å²) >= 11 is 0. The monoisotopic (exact) mass is 416 g/mol. The first-order chi connectivity index (χ1) is 12.9. The summed E-state index contributed by atoms with van der Waals surface area (Å²) in [4.78, 5) is 0. The second-order valence-corrected chi connectivity index (χ2v) is 14.0. The Labute approximate surface area is 169 Å². The number of ether oxygens (including phenoxy) is 6. The highest BCUT2D eigenvalue weighted by Gasteiger charge is 2.60. The summed E-state index contributed by atoms with van der Waals surface area (Å²) in [5.74, 6) is -0.819. The molecule has 3 aliphatic heterocycles. The van der Waals surface area contributed by atoms with Gasteiger partial charge in [0.25, 0.3) is 5.95 Å². The molecule has 28 heavy (non-hydrogen) atoms. The number of hydrogen-bond donors (Lipinski definition) is 0. The summed E-state index contributed by atoms with van der Waals surface area (Å²) in [6, 6.07) is 0. The van der Waals surface area contributed by atoms with Crippen molar-refractivity contribution in [1.29, 1.82) is 0 Å². The standard InChI is InChI=1S/C20H36O7Si/c1-9-10-11-14(27-28(6,7)8)22-16-15(13-12-21-19(2,3)24-13)23-18-17(16)25-20(4,5)26-18/h11,13,15-18H,9-10,12H2,1-8H3/b14-11+/t13-,15+,16-,17-,18-/m1/s1. The highest BCUT2D eigenvalue weighted by molar-refractivity contribution is 6.70. The van der Waals surface area contributed by atoms with Crippen LogP contribution >= 0.6 is 0 Å². The molecule has 0 aliphatic carbocycles. The largest absolute Gasteiger partial charge is 0.520 e. The molecule has 0 aromatic rings. The van der Waals surface area contributed by atoms with E-state index >= 15 is 0 Å². The first-order valence-corrected chi connectivity index (χ1v) is 13.7. The van der Waals surface area contributed by atoms with Crippen LogP contribution in [0.15, 0.2) is 12.0 Å². The van der Waals surface area contributed by atoms with E-state index in [4.69, 9.17) is 32.8 Å². The van der Waals surface area contributed by atoms with Gasteiger partial charge in [-0.25, -0.2) is 0 Å². The summed E-state index contributed by atoms with van der Waals surface area (Å²) < 4.78 is 42.7. The molecule has 3 fully saturated rings. The van der Waals surface area contributed by atoms with Gasteiger partial charge >= 0.3 is 0 Å². The maximum Gasteiger partial charge on any atom is 0.261 e. The molecular formula is C20H36O7Si. The summed E-state index contributed by atoms with van der Waals surface area (Å²) in [6.45, 7) is 16.5. The van der Waals surface area contributed by atoms with Crippen LogP contribution in [0, 0.1) is 0 Å². The lowest BCUT2D eigenvalue weighted by atomic mass is 10.1. The molecule has 3 saturated heterocycles. The van der Waals surface area contributed by atoms with Crippen molar-refractivity contribution in [3.63, 3.8) is 0 Å². The third kappa shape index (κ3) is 5.28. The van der Waals surface area contributed by atoms with Crippen molar-refractivity contribution in [2.24, 2.45) is 0 Å². The van der Waals surface area contributed by atoms with Crippen molar-refractivity contribution < 1.29 is 32.8 Å². The van der Waals surface area contributed by atoms with Crippen molar-refractivity contribution in [1.82, 2.24) is 0 Å². The van der Waals surface area contributed by atoms with Gasteiger partial charge in [-0.3, -0.25) is 0 Å². The van der Waals surface area contributed by atoms with Crippen molar-refractivity contribution in [3.05, 3.63) is 12.0 Å². The van der Waals surface area contributed by atoms with Crippen LogP contribution in [-0.4, -0.2) is 57.2 Å². The van der Waals surface area contributed by atoms with Gasteiger partial charge in [-0.1, -0.05) is 13.3 Å². The van der Waals surface area contributed by atoms with Gasteiger partial charge in [0.05, 0.1) is 6.61 Å². The Morgan fingerprint density at radius 2 is 1.75 bits per heavy atom. The maximum absolute atomic E-state index is 6.40. The van der Waals surface area contributed by atoms with Crippen molar-refractivity contribution in [3.8, 4) is 0 Å². The van der Waals surface area contributed by atoms with Gasteiger partial charge in [-0.05, 0) is 59.8 Å². The molecule has 8 heteroatoms. The number of fused-ring (bicyclic) bond motifs is 1. The summed E-state index contributed by atoms with van der Waals surface area (Å²) in [6.07, 6.45) is 2.00. The zero-order valence-corrected chi connectivity index (χ0v) is 19.4. The Hall–Kier alpha value is -0.643. The molecule has 7 nitrogen and oxygen atoms in total. The molecular weight excluding hydrogens is 380 g/mol. The molecule has 0 aromatic carbocycles. The normalized spacial score (nSPS) is 37.1. The summed E-state index contributed by atoms with van der Waals surface area (Å²) in [7, 11) is -1.84. The predicted molar refractivity (Wildman–Crippen MR) is 106 cm³/mol. The van der Waals surface area contributed by atoms with E-state index in [1.165, 1.54) is 0 Å². The number of allylic oxidation sites excluding steroid dienone is 1. The van der Waals surface area contributed by atoms with Crippen molar-refractivity contribution in [2.45, 2.75) is 109 Å². The number of unbranched alkanes of at least 4 members (excludes halogenated alkanes) is 1. The third-order valence-electron chi connectivity index (χ3n) is 4.68. The minimum atomic E-state index is -1.84. The van der Waals surface area contributed by atoms with Crippen LogP contribution < -0.4 is 0 Å². The van der Waals surface area contributed by atoms with Crippen molar-refractivity contribution >= 4 is 8.32 Å². The zero-order valence-electron chi connectivity index (χ0n) is 18.4. The molecule has 162 valence electrons. The van der Waals surface area contributed by atoms with Crippen LogP contribution in [0.1, 0.15) is 47.5 Å². The van der Waals surface area contributed by atoms with E-state index in [0.717, 1.165) is 12.8 Å². The van der Waals surface area contributed by atoms with Gasteiger partial charge in [-0.15, -0.1) is 0 Å². The quantitative estimate of drug-likeness (QED) is 0.461. The first-order valence-electron chi connectivity index (χ1n) is 10.3. The lowest BCUT2D eigenvalue weighted by Gasteiger charge is -2.31. The third-order valence-corrected chi connectivity index (χ3v) is 5.50. The van der Waals surface area contributed by atoms with Gasteiger partial charge in [0, 0.05) is 0 Å². The van der Waals surface area contributed by atoms with E-state index in [0.29, 0.717) is 12.6 Å². The van der Waals surface area contributed by atoms with Crippen LogP contribution in [0.2, 0.25) is 19.6 Å². The van der Waals surface area contributed by atoms with Crippen LogP contribution in [0.25, 0.3) is 0 Å². The molecule has 0 amide bonds. The Morgan fingerprint density at radius 3 is 2.32 bits per heavy atom. The van der Waals surface area contributed by atoms with E-state index < -0.39 is 32.3 Å². The van der Waals surface area contributed by atoms with E-state index in [9.17, 15) is 0 Å². The first kappa shape index (κ1) is 22.1. The molecule has 0 saturated carbocycles. The average Bonchev–Trinajstić information content (AvgIpc) is 3.14. The number of rotatable bonds is 7. The second-order valence-electron chi connectivity index (χ2n) is 9.55. The number of hydrogen-bond acceptors (Lipinski definition) is 7. The minimum absolute atomic E-state index is 0.264. The van der Waals surface area contributed by atoms with Crippen LogP contribution in [0.5, 0.6) is 0 Å². The molecule has 3 aliphatic rings. The average molecular weight is 417 g/mol. The minimum Gasteiger partial charge on any atom is -0.520 e. The van der Waals surface area contributed by atoms with E-state index in [1.807, 2.05) is 33.8 Å². The molecule has 0 radical (unpaired) electrons. The highest BCUT2D eigenvalue weighted by Crippen LogP contribution is 2.42. The Balaban J connectivity index is 1.81. The molecule has 3 rings (SSSR count). The second kappa shape index (κ2) is 7.89. The van der Waals surface area contributed by atoms with Gasteiger partial charge < -0.3 is 32.8 Å². The lowest BCUT2D eigenvalue weighted by Crippen LogP contribution is -2.44. The van der Waals surface area contributed by atoms with Crippen LogP contribution in [0.4, 0.5) is 0 Å². The van der Waals surface area contributed by atoms with Crippen molar-refractivity contribution in [2.75, 3.05) is 6.61 Å². The maximum atomic E-state index is 6.40. The van der Waals surface area contributed by atoms with Gasteiger partial charge in [0.15, 0.2) is 30.1 Å². The summed E-state index contributed by atoms with van der Waals surface area (Å²) in [5, 5.41) is 0. The molecule has 0 unspecified atom stereocenters. The van der Waals surface area contributed by atoms with E-state index in [2.05, 4.69) is 26.6 Å². The van der Waals surface area contributed by atoms with Crippen LogP contribution in [-0.2, 0) is 32.8 Å². The highest BCUT2D eigenvalue weighted by atomic mass is 28.4. The molecule has 0 N–H and O–H groups in total. The lowest BCUT2D eigenvalue weighted by molar-refractivity contribution is -0.235. The molecule has 0 aromatic heterocycles.